The summed E-state index contributed by atoms with van der Waals surface area (Å²) in [5.41, 5.74) is 7.58. The van der Waals surface area contributed by atoms with Gasteiger partial charge >= 0.3 is 0 Å². The number of nitrogens with zero attached hydrogens (tertiary/aromatic N) is 4. The maximum atomic E-state index is 5.91. The summed E-state index contributed by atoms with van der Waals surface area (Å²) in [7, 11) is 0. The largest absolute Gasteiger partial charge is 0.399 e. The molecule has 1 aromatic carbocycles. The van der Waals surface area contributed by atoms with Crippen molar-refractivity contribution in [2.75, 3.05) is 5.73 Å². The summed E-state index contributed by atoms with van der Waals surface area (Å²) in [6.07, 6.45) is 3.61. The Morgan fingerprint density at radius 2 is 2.19 bits per heavy atom. The van der Waals surface area contributed by atoms with Crippen LogP contribution in [0.3, 0.4) is 0 Å². The van der Waals surface area contributed by atoms with Crippen LogP contribution in [0.5, 0.6) is 0 Å². The molecule has 5 nitrogen and oxygen atoms in total. The number of rotatable bonds is 3. The average Bonchev–Trinajstić information content (AvgIpc) is 3.07. The van der Waals surface area contributed by atoms with Crippen LogP contribution in [-0.4, -0.2) is 20.2 Å². The van der Waals surface area contributed by atoms with Crippen molar-refractivity contribution in [1.82, 2.24) is 20.2 Å². The quantitative estimate of drug-likeness (QED) is 0.858. The van der Waals surface area contributed by atoms with Gasteiger partial charge in [-0.2, -0.15) is 0 Å². The Morgan fingerprint density at radius 3 is 2.90 bits per heavy atom. The van der Waals surface area contributed by atoms with Gasteiger partial charge in [0.05, 0.1) is 6.04 Å². The maximum Gasteiger partial charge on any atom is 0.183 e. The number of anilines is 1. The van der Waals surface area contributed by atoms with Gasteiger partial charge in [0.1, 0.15) is 0 Å². The van der Waals surface area contributed by atoms with E-state index in [9.17, 15) is 0 Å². The molecule has 1 heterocycles. The van der Waals surface area contributed by atoms with E-state index < -0.39 is 0 Å². The summed E-state index contributed by atoms with van der Waals surface area (Å²) < 4.78 is 2.95. The van der Waals surface area contributed by atoms with Gasteiger partial charge in [-0.25, -0.2) is 4.68 Å². The molecular formula is C15H20BrN5. The second-order valence-corrected chi connectivity index (χ2v) is 6.71. The highest BCUT2D eigenvalue weighted by molar-refractivity contribution is 9.10. The molecule has 0 spiro atoms. The molecule has 0 saturated heterocycles. The van der Waals surface area contributed by atoms with E-state index in [-0.39, 0.29) is 0 Å². The summed E-state index contributed by atoms with van der Waals surface area (Å²) in [4.78, 5) is 0. The SMILES string of the molecule is CCC1CCC(n2nnnc2-c2cc(N)ccc2Br)C1C. The van der Waals surface area contributed by atoms with E-state index in [1.807, 2.05) is 22.9 Å². The summed E-state index contributed by atoms with van der Waals surface area (Å²) >= 11 is 3.57. The average molecular weight is 350 g/mol. The van der Waals surface area contributed by atoms with Gasteiger partial charge in [0, 0.05) is 15.7 Å². The van der Waals surface area contributed by atoms with Crippen molar-refractivity contribution < 1.29 is 0 Å². The maximum absolute atomic E-state index is 5.91. The van der Waals surface area contributed by atoms with Crippen LogP contribution in [0.15, 0.2) is 22.7 Å². The fraction of sp³-hybridized carbons (Fsp3) is 0.533. The van der Waals surface area contributed by atoms with Crippen molar-refractivity contribution >= 4 is 21.6 Å². The van der Waals surface area contributed by atoms with E-state index in [0.717, 1.165) is 28.2 Å². The lowest BCUT2D eigenvalue weighted by atomic mass is 9.93. The van der Waals surface area contributed by atoms with Crippen molar-refractivity contribution in [3.63, 3.8) is 0 Å². The Bertz CT molecular complexity index is 639. The molecule has 1 saturated carbocycles. The minimum absolute atomic E-state index is 0.369. The number of tetrazole rings is 1. The van der Waals surface area contributed by atoms with Gasteiger partial charge in [-0.3, -0.25) is 0 Å². The molecule has 1 aromatic heterocycles. The van der Waals surface area contributed by atoms with E-state index >= 15 is 0 Å². The lowest BCUT2D eigenvalue weighted by Crippen LogP contribution is -2.18. The third-order valence-corrected chi connectivity index (χ3v) is 5.44. The molecule has 3 unspecified atom stereocenters. The number of hydrogen-bond donors (Lipinski definition) is 1. The molecule has 112 valence electrons. The van der Waals surface area contributed by atoms with Crippen molar-refractivity contribution in [3.05, 3.63) is 22.7 Å². The standard InChI is InChI=1S/C15H20BrN5/c1-3-10-4-7-14(9(10)2)21-15(18-19-20-21)12-8-11(17)5-6-13(12)16/h5-6,8-10,14H,3-4,7,17H2,1-2H3. The van der Waals surface area contributed by atoms with Crippen molar-refractivity contribution in [3.8, 4) is 11.4 Å². The number of nitrogen functional groups attached to an aromatic ring is 1. The third-order valence-electron chi connectivity index (χ3n) is 4.75. The van der Waals surface area contributed by atoms with Gasteiger partial charge in [-0.1, -0.05) is 36.2 Å². The predicted molar refractivity (Wildman–Crippen MR) is 86.6 cm³/mol. The van der Waals surface area contributed by atoms with E-state index in [1.54, 1.807) is 0 Å². The number of aromatic nitrogens is 4. The van der Waals surface area contributed by atoms with E-state index in [2.05, 4.69) is 45.3 Å². The lowest BCUT2D eigenvalue weighted by molar-refractivity contribution is 0.310. The Kier molecular flexibility index (Phi) is 3.97. The second-order valence-electron chi connectivity index (χ2n) is 5.86. The normalized spacial score (nSPS) is 25.4. The summed E-state index contributed by atoms with van der Waals surface area (Å²) in [5, 5.41) is 12.4. The lowest BCUT2D eigenvalue weighted by Gasteiger charge is -2.20. The molecule has 0 radical (unpaired) electrons. The fourth-order valence-electron chi connectivity index (χ4n) is 3.45. The van der Waals surface area contributed by atoms with Crippen molar-refractivity contribution in [1.29, 1.82) is 0 Å². The molecule has 1 aliphatic rings. The molecule has 1 fully saturated rings. The number of benzene rings is 1. The van der Waals surface area contributed by atoms with Crippen LogP contribution >= 0.6 is 15.9 Å². The monoisotopic (exact) mass is 349 g/mol. The molecular weight excluding hydrogens is 330 g/mol. The van der Waals surface area contributed by atoms with Crippen LogP contribution in [0.4, 0.5) is 5.69 Å². The van der Waals surface area contributed by atoms with Crippen LogP contribution in [0.1, 0.15) is 39.2 Å². The molecule has 3 rings (SSSR count). The van der Waals surface area contributed by atoms with Crippen LogP contribution in [0.2, 0.25) is 0 Å². The molecule has 2 aromatic rings. The molecule has 0 amide bonds. The Morgan fingerprint density at radius 1 is 1.38 bits per heavy atom. The second kappa shape index (κ2) is 5.75. The van der Waals surface area contributed by atoms with Gasteiger partial charge in [0.15, 0.2) is 5.82 Å². The molecule has 0 aliphatic heterocycles. The summed E-state index contributed by atoms with van der Waals surface area (Å²) in [6.45, 7) is 4.57. The first-order valence-electron chi connectivity index (χ1n) is 7.45. The smallest absolute Gasteiger partial charge is 0.183 e. The summed E-state index contributed by atoms with van der Waals surface area (Å²) in [5.74, 6) is 2.15. The number of halogens is 1. The molecule has 1 aliphatic carbocycles. The highest BCUT2D eigenvalue weighted by atomic mass is 79.9. The zero-order valence-electron chi connectivity index (χ0n) is 12.3. The highest BCUT2D eigenvalue weighted by Crippen LogP contribution is 2.43. The molecule has 2 N–H and O–H groups in total. The first kappa shape index (κ1) is 14.5. The zero-order chi connectivity index (χ0) is 15.0. The molecule has 21 heavy (non-hydrogen) atoms. The van der Waals surface area contributed by atoms with Crippen LogP contribution in [0.25, 0.3) is 11.4 Å². The number of nitrogens with two attached hydrogens (primary N) is 1. The first-order valence-corrected chi connectivity index (χ1v) is 8.24. The van der Waals surface area contributed by atoms with Gasteiger partial charge in [0.2, 0.25) is 0 Å². The van der Waals surface area contributed by atoms with E-state index in [4.69, 9.17) is 5.73 Å². The van der Waals surface area contributed by atoms with Crippen molar-refractivity contribution in [2.24, 2.45) is 11.8 Å². The minimum Gasteiger partial charge on any atom is -0.399 e. The topological polar surface area (TPSA) is 69.6 Å². The molecule has 0 bridgehead atoms. The zero-order valence-corrected chi connectivity index (χ0v) is 13.9. The number of hydrogen-bond acceptors (Lipinski definition) is 4. The highest BCUT2D eigenvalue weighted by Gasteiger charge is 2.35. The third kappa shape index (κ3) is 2.57. The molecule has 3 atom stereocenters. The van der Waals surface area contributed by atoms with E-state index in [0.29, 0.717) is 17.6 Å². The van der Waals surface area contributed by atoms with Crippen LogP contribution in [0, 0.1) is 11.8 Å². The van der Waals surface area contributed by atoms with Gasteiger partial charge in [0.25, 0.3) is 0 Å². The van der Waals surface area contributed by atoms with Crippen LogP contribution < -0.4 is 5.73 Å². The summed E-state index contributed by atoms with van der Waals surface area (Å²) in [6, 6.07) is 6.10. The van der Waals surface area contributed by atoms with Gasteiger partial charge in [-0.05, 0) is 53.3 Å². The van der Waals surface area contributed by atoms with Gasteiger partial charge in [-0.15, -0.1) is 5.10 Å². The Balaban J connectivity index is 2.00. The fourth-order valence-corrected chi connectivity index (χ4v) is 3.88. The van der Waals surface area contributed by atoms with Crippen molar-refractivity contribution in [2.45, 2.75) is 39.2 Å². The van der Waals surface area contributed by atoms with Gasteiger partial charge < -0.3 is 5.73 Å². The Labute approximate surface area is 133 Å². The van der Waals surface area contributed by atoms with Crippen LogP contribution in [-0.2, 0) is 0 Å². The molecule has 6 heteroatoms. The first-order chi connectivity index (χ1) is 10.1. The predicted octanol–water partition coefficient (Wildman–Crippen LogP) is 3.68. The minimum atomic E-state index is 0.369. The van der Waals surface area contributed by atoms with E-state index in [1.165, 1.54) is 12.8 Å². The Hall–Kier alpha value is -1.43.